The first-order valence-corrected chi connectivity index (χ1v) is 6.41. The zero-order valence-electron chi connectivity index (χ0n) is 10.5. The summed E-state index contributed by atoms with van der Waals surface area (Å²) in [6.07, 6.45) is -5.11. The first-order chi connectivity index (χ1) is 8.93. The molecule has 2 fully saturated rings. The number of hydrogen-bond donors (Lipinski definition) is 6. The number of rotatable bonds is 3. The lowest BCUT2D eigenvalue weighted by Crippen LogP contribution is -2.63. The zero-order valence-corrected chi connectivity index (χ0v) is 10.5. The lowest BCUT2D eigenvalue weighted by Gasteiger charge is -2.40. The predicted molar refractivity (Wildman–Crippen MR) is 63.8 cm³/mol. The van der Waals surface area contributed by atoms with E-state index in [1.807, 2.05) is 0 Å². The summed E-state index contributed by atoms with van der Waals surface area (Å²) in [5, 5.41) is 38.6. The van der Waals surface area contributed by atoms with Gasteiger partial charge in [0.1, 0.15) is 12.2 Å². The molecule has 7 unspecified atom stereocenters. The topological polar surface area (TPSA) is 151 Å². The molecule has 8 heteroatoms. The molecule has 2 rings (SSSR count). The highest BCUT2D eigenvalue weighted by atomic mass is 16.7. The highest BCUT2D eigenvalue weighted by Gasteiger charge is 2.45. The zero-order chi connectivity index (χ0) is 14.2. The van der Waals surface area contributed by atoms with Gasteiger partial charge in [0.2, 0.25) is 0 Å². The van der Waals surface area contributed by atoms with Crippen molar-refractivity contribution >= 4 is 0 Å². The van der Waals surface area contributed by atoms with Crippen molar-refractivity contribution in [1.82, 2.24) is 0 Å². The van der Waals surface area contributed by atoms with Crippen molar-refractivity contribution in [3.63, 3.8) is 0 Å². The Hall–Kier alpha value is -0.320. The number of nitrogens with two attached hydrogens (primary N) is 2. The summed E-state index contributed by atoms with van der Waals surface area (Å²) in [5.41, 5.74) is 11.4. The Morgan fingerprint density at radius 1 is 1.05 bits per heavy atom. The van der Waals surface area contributed by atoms with Crippen LogP contribution in [0, 0.1) is 0 Å². The Bertz CT molecular complexity index is 293. The van der Waals surface area contributed by atoms with Crippen LogP contribution in [0.3, 0.4) is 0 Å². The Morgan fingerprint density at radius 3 is 2.11 bits per heavy atom. The van der Waals surface area contributed by atoms with E-state index in [9.17, 15) is 15.3 Å². The molecule has 0 amide bonds. The van der Waals surface area contributed by atoms with Crippen molar-refractivity contribution in [1.29, 1.82) is 0 Å². The fourth-order valence-electron chi connectivity index (χ4n) is 2.55. The third-order valence-electron chi connectivity index (χ3n) is 3.73. The van der Waals surface area contributed by atoms with Gasteiger partial charge in [-0.2, -0.15) is 0 Å². The van der Waals surface area contributed by atoms with Crippen molar-refractivity contribution in [3.05, 3.63) is 0 Å². The molecular formula is C11H22N2O6. The molecule has 0 spiro atoms. The molecule has 0 aromatic heterocycles. The van der Waals surface area contributed by atoms with E-state index in [0.717, 1.165) is 0 Å². The van der Waals surface area contributed by atoms with Crippen LogP contribution in [0.1, 0.15) is 12.8 Å². The van der Waals surface area contributed by atoms with Crippen LogP contribution in [0.25, 0.3) is 0 Å². The van der Waals surface area contributed by atoms with E-state index < -0.39 is 48.9 Å². The minimum atomic E-state index is -1.08. The van der Waals surface area contributed by atoms with E-state index in [2.05, 4.69) is 0 Å². The summed E-state index contributed by atoms with van der Waals surface area (Å²) in [5.74, 6) is 0. The molecule has 0 radical (unpaired) electrons. The Kier molecular flexibility index (Phi) is 4.75. The van der Waals surface area contributed by atoms with Crippen molar-refractivity contribution in [2.75, 3.05) is 6.61 Å². The third-order valence-corrected chi connectivity index (χ3v) is 3.73. The number of aliphatic hydroxyl groups is 4. The maximum atomic E-state index is 9.94. The molecule has 2 aliphatic rings. The Labute approximate surface area is 110 Å². The number of hydrogen-bond acceptors (Lipinski definition) is 8. The monoisotopic (exact) mass is 278 g/mol. The van der Waals surface area contributed by atoms with Gasteiger partial charge in [0.25, 0.3) is 0 Å². The summed E-state index contributed by atoms with van der Waals surface area (Å²) >= 11 is 0. The van der Waals surface area contributed by atoms with Crippen molar-refractivity contribution in [2.24, 2.45) is 11.5 Å². The van der Waals surface area contributed by atoms with Crippen LogP contribution in [-0.2, 0) is 9.47 Å². The van der Waals surface area contributed by atoms with Crippen LogP contribution in [0.4, 0.5) is 0 Å². The van der Waals surface area contributed by atoms with Gasteiger partial charge in [0.15, 0.2) is 6.29 Å². The minimum Gasteiger partial charge on any atom is -0.394 e. The molecule has 1 aliphatic carbocycles. The lowest BCUT2D eigenvalue weighted by atomic mass is 9.85. The molecule has 1 saturated heterocycles. The molecule has 1 heterocycles. The first kappa shape index (κ1) is 15.1. The standard InChI is InChI=1S/C11H22N2O6/c12-5-2-6(13)9(17)10(8(5)16)19-11-7(15)1-4(3-14)18-11/h4-11,14-17H,1-3,12-13H2. The number of ether oxygens (including phenoxy) is 2. The van der Waals surface area contributed by atoms with E-state index >= 15 is 0 Å². The molecule has 19 heavy (non-hydrogen) atoms. The molecule has 112 valence electrons. The number of aliphatic hydroxyl groups excluding tert-OH is 4. The Balaban J connectivity index is 2.00. The average Bonchev–Trinajstić information content (AvgIpc) is 2.73. The van der Waals surface area contributed by atoms with E-state index in [0.29, 0.717) is 0 Å². The molecule has 7 atom stereocenters. The van der Waals surface area contributed by atoms with Gasteiger partial charge in [-0.15, -0.1) is 0 Å². The molecule has 8 N–H and O–H groups in total. The maximum absolute atomic E-state index is 9.94. The fourth-order valence-corrected chi connectivity index (χ4v) is 2.55. The van der Waals surface area contributed by atoms with Crippen molar-refractivity contribution in [2.45, 2.75) is 61.7 Å². The first-order valence-electron chi connectivity index (χ1n) is 6.41. The average molecular weight is 278 g/mol. The van der Waals surface area contributed by atoms with Gasteiger partial charge < -0.3 is 41.4 Å². The third kappa shape index (κ3) is 3.06. The van der Waals surface area contributed by atoms with Gasteiger partial charge in [-0.25, -0.2) is 0 Å². The second-order valence-electron chi connectivity index (χ2n) is 5.26. The van der Waals surface area contributed by atoms with E-state index in [1.165, 1.54) is 0 Å². The van der Waals surface area contributed by atoms with Gasteiger partial charge in [-0.1, -0.05) is 0 Å². The Morgan fingerprint density at radius 2 is 1.63 bits per heavy atom. The van der Waals surface area contributed by atoms with Crippen LogP contribution >= 0.6 is 0 Å². The van der Waals surface area contributed by atoms with E-state index in [1.54, 1.807) is 0 Å². The van der Waals surface area contributed by atoms with Crippen LogP contribution in [0.5, 0.6) is 0 Å². The summed E-state index contributed by atoms with van der Waals surface area (Å²) in [6, 6.07) is -1.20. The minimum absolute atomic E-state index is 0.230. The quantitative estimate of drug-likeness (QED) is 0.313. The molecule has 1 saturated carbocycles. The second kappa shape index (κ2) is 5.98. The largest absolute Gasteiger partial charge is 0.394 e. The fraction of sp³-hybridized carbons (Fsp3) is 1.00. The summed E-state index contributed by atoms with van der Waals surface area (Å²) in [6.45, 7) is -0.230. The molecule has 0 aromatic rings. The molecule has 0 bridgehead atoms. The summed E-state index contributed by atoms with van der Waals surface area (Å²) in [4.78, 5) is 0. The lowest BCUT2D eigenvalue weighted by molar-refractivity contribution is -0.241. The summed E-state index contributed by atoms with van der Waals surface area (Å²) < 4.78 is 10.7. The molecule has 0 aromatic carbocycles. The normalized spacial score (nSPS) is 51.5. The van der Waals surface area contributed by atoms with E-state index in [4.69, 9.17) is 26.0 Å². The highest BCUT2D eigenvalue weighted by Crippen LogP contribution is 2.27. The van der Waals surface area contributed by atoms with Crippen LogP contribution in [0.15, 0.2) is 0 Å². The smallest absolute Gasteiger partial charge is 0.184 e. The van der Waals surface area contributed by atoms with Crippen LogP contribution in [0.2, 0.25) is 0 Å². The van der Waals surface area contributed by atoms with Gasteiger partial charge in [-0.3, -0.25) is 0 Å². The van der Waals surface area contributed by atoms with Crippen molar-refractivity contribution in [3.8, 4) is 0 Å². The molecular weight excluding hydrogens is 256 g/mol. The SMILES string of the molecule is NC1CC(N)C(O)C(OC2OC(CO)CC2O)C1O. The summed E-state index contributed by atoms with van der Waals surface area (Å²) in [7, 11) is 0. The van der Waals surface area contributed by atoms with Gasteiger partial charge in [-0.05, 0) is 6.42 Å². The van der Waals surface area contributed by atoms with Crippen LogP contribution in [-0.4, -0.2) is 75.9 Å². The van der Waals surface area contributed by atoms with Gasteiger partial charge in [0, 0.05) is 18.5 Å². The van der Waals surface area contributed by atoms with Crippen molar-refractivity contribution < 1.29 is 29.9 Å². The van der Waals surface area contributed by atoms with Gasteiger partial charge in [0.05, 0.1) is 24.9 Å². The predicted octanol–water partition coefficient (Wildman–Crippen LogP) is -3.38. The highest BCUT2D eigenvalue weighted by molar-refractivity contribution is 4.98. The molecule has 1 aliphatic heterocycles. The maximum Gasteiger partial charge on any atom is 0.184 e. The molecule has 8 nitrogen and oxygen atoms in total. The van der Waals surface area contributed by atoms with Gasteiger partial charge >= 0.3 is 0 Å². The second-order valence-corrected chi connectivity index (χ2v) is 5.26. The van der Waals surface area contributed by atoms with E-state index in [-0.39, 0.29) is 19.4 Å². The van der Waals surface area contributed by atoms with Crippen LogP contribution < -0.4 is 11.5 Å².